The number of carbonyl (C=O) groups excluding carboxylic acids is 2. The number of amides is 1. The zero-order valence-electron chi connectivity index (χ0n) is 16.5. The Labute approximate surface area is 174 Å². The molecule has 7 nitrogen and oxygen atoms in total. The Morgan fingerprint density at radius 1 is 0.967 bits per heavy atom. The number of carbonyl (C=O) groups is 2. The van der Waals surface area contributed by atoms with E-state index in [1.54, 1.807) is 60.9 Å². The summed E-state index contributed by atoms with van der Waals surface area (Å²) < 4.78 is 16.4. The molecular formula is C23H22N2O5. The monoisotopic (exact) mass is 406 g/mol. The molecule has 0 unspecified atom stereocenters. The van der Waals surface area contributed by atoms with Gasteiger partial charge in [-0.3, -0.25) is 14.6 Å². The van der Waals surface area contributed by atoms with Gasteiger partial charge in [-0.15, -0.1) is 0 Å². The van der Waals surface area contributed by atoms with E-state index >= 15 is 0 Å². The van der Waals surface area contributed by atoms with Gasteiger partial charge in [-0.2, -0.15) is 0 Å². The summed E-state index contributed by atoms with van der Waals surface area (Å²) in [4.78, 5) is 28.2. The van der Waals surface area contributed by atoms with Crippen molar-refractivity contribution in [3.05, 3.63) is 84.2 Å². The molecule has 1 N–H and O–H groups in total. The largest absolute Gasteiger partial charge is 0.494 e. The molecule has 2 aromatic carbocycles. The summed E-state index contributed by atoms with van der Waals surface area (Å²) in [6.45, 7) is 2.22. The lowest BCUT2D eigenvalue weighted by molar-refractivity contribution is -0.143. The number of nitrogens with one attached hydrogen (secondary N) is 1. The minimum Gasteiger partial charge on any atom is -0.494 e. The second kappa shape index (κ2) is 10.6. The summed E-state index contributed by atoms with van der Waals surface area (Å²) in [5.74, 6) is 0.914. The van der Waals surface area contributed by atoms with E-state index in [4.69, 9.17) is 14.2 Å². The Balaban J connectivity index is 1.49. The van der Waals surface area contributed by atoms with Gasteiger partial charge in [0, 0.05) is 17.3 Å². The van der Waals surface area contributed by atoms with Crippen molar-refractivity contribution in [2.75, 3.05) is 13.2 Å². The third-order valence-electron chi connectivity index (χ3n) is 4.04. The molecule has 0 atom stereocenters. The number of para-hydroxylation sites is 1. The topological polar surface area (TPSA) is 86.8 Å². The van der Waals surface area contributed by atoms with Gasteiger partial charge in [0.2, 0.25) is 0 Å². The lowest BCUT2D eigenvalue weighted by atomic mass is 10.2. The third kappa shape index (κ3) is 6.07. The van der Waals surface area contributed by atoms with Crippen molar-refractivity contribution in [3.8, 4) is 17.2 Å². The van der Waals surface area contributed by atoms with E-state index in [1.807, 2.05) is 19.1 Å². The molecule has 0 saturated carbocycles. The third-order valence-corrected chi connectivity index (χ3v) is 4.04. The predicted octanol–water partition coefficient (Wildman–Crippen LogP) is 3.75. The molecule has 0 spiro atoms. The van der Waals surface area contributed by atoms with E-state index in [0.717, 1.165) is 0 Å². The molecule has 3 aromatic rings. The Bertz CT molecular complexity index is 974. The molecule has 0 aliphatic carbocycles. The smallest absolute Gasteiger partial charge is 0.325 e. The molecule has 0 saturated heterocycles. The number of pyridine rings is 1. The molecule has 0 bridgehead atoms. The fourth-order valence-corrected chi connectivity index (χ4v) is 2.59. The first kappa shape index (κ1) is 20.9. The van der Waals surface area contributed by atoms with Crippen molar-refractivity contribution in [1.82, 2.24) is 10.3 Å². The lowest BCUT2D eigenvalue weighted by Gasteiger charge is -2.11. The number of esters is 1. The Kier molecular flexibility index (Phi) is 7.38. The Morgan fingerprint density at radius 3 is 2.50 bits per heavy atom. The van der Waals surface area contributed by atoms with Crippen LogP contribution in [0.15, 0.2) is 73.1 Å². The van der Waals surface area contributed by atoms with Crippen LogP contribution in [0.25, 0.3) is 0 Å². The quantitative estimate of drug-likeness (QED) is 0.545. The molecular weight excluding hydrogens is 384 g/mol. The average molecular weight is 406 g/mol. The molecule has 1 heterocycles. The maximum Gasteiger partial charge on any atom is 0.325 e. The lowest BCUT2D eigenvalue weighted by Crippen LogP contribution is -2.30. The van der Waals surface area contributed by atoms with Gasteiger partial charge in [-0.1, -0.05) is 18.2 Å². The van der Waals surface area contributed by atoms with E-state index in [1.165, 1.54) is 0 Å². The van der Waals surface area contributed by atoms with Crippen LogP contribution in [0.5, 0.6) is 17.2 Å². The first-order valence-electron chi connectivity index (χ1n) is 9.48. The van der Waals surface area contributed by atoms with Gasteiger partial charge in [0.05, 0.1) is 12.8 Å². The van der Waals surface area contributed by atoms with Crippen LogP contribution < -0.4 is 14.8 Å². The molecule has 1 aromatic heterocycles. The first-order chi connectivity index (χ1) is 14.7. The number of nitrogens with zero attached hydrogens (tertiary/aromatic N) is 1. The molecule has 154 valence electrons. The summed E-state index contributed by atoms with van der Waals surface area (Å²) in [5.41, 5.74) is 1.13. The van der Waals surface area contributed by atoms with E-state index in [0.29, 0.717) is 35.0 Å². The number of hydrogen-bond donors (Lipinski definition) is 1. The van der Waals surface area contributed by atoms with Crippen LogP contribution in [0.3, 0.4) is 0 Å². The van der Waals surface area contributed by atoms with Crippen molar-refractivity contribution >= 4 is 11.9 Å². The summed E-state index contributed by atoms with van der Waals surface area (Å²) in [6.07, 6.45) is 3.25. The molecule has 0 aliphatic rings. The summed E-state index contributed by atoms with van der Waals surface area (Å²) >= 11 is 0. The van der Waals surface area contributed by atoms with E-state index in [2.05, 4.69) is 10.3 Å². The van der Waals surface area contributed by atoms with Crippen molar-refractivity contribution in [2.45, 2.75) is 13.5 Å². The molecule has 0 aliphatic heterocycles. The highest BCUT2D eigenvalue weighted by atomic mass is 16.5. The Morgan fingerprint density at radius 2 is 1.77 bits per heavy atom. The minimum atomic E-state index is -0.550. The van der Waals surface area contributed by atoms with Crippen molar-refractivity contribution < 1.29 is 23.8 Å². The second-order valence-corrected chi connectivity index (χ2v) is 6.20. The number of aromatic nitrogens is 1. The normalized spacial score (nSPS) is 10.2. The highest BCUT2D eigenvalue weighted by Gasteiger charge is 2.11. The van der Waals surface area contributed by atoms with E-state index in [-0.39, 0.29) is 19.1 Å². The van der Waals surface area contributed by atoms with Crippen LogP contribution >= 0.6 is 0 Å². The number of benzene rings is 2. The van der Waals surface area contributed by atoms with Crippen molar-refractivity contribution in [2.24, 2.45) is 0 Å². The number of hydrogen-bond acceptors (Lipinski definition) is 6. The first-order valence-corrected chi connectivity index (χ1v) is 9.48. The van der Waals surface area contributed by atoms with Crippen LogP contribution in [-0.4, -0.2) is 30.0 Å². The van der Waals surface area contributed by atoms with Crippen LogP contribution in [0.2, 0.25) is 0 Å². The van der Waals surface area contributed by atoms with Gasteiger partial charge >= 0.3 is 5.97 Å². The summed E-state index contributed by atoms with van der Waals surface area (Å²) in [6, 6.07) is 17.5. The molecule has 3 rings (SSSR count). The molecule has 0 radical (unpaired) electrons. The predicted molar refractivity (Wildman–Crippen MR) is 110 cm³/mol. The van der Waals surface area contributed by atoms with Crippen LogP contribution in [0, 0.1) is 0 Å². The zero-order valence-corrected chi connectivity index (χ0v) is 16.5. The SMILES string of the molecule is CCOc1ccc(C(=O)NCC(=O)OCc2ccccc2Oc2cccnc2)cc1. The number of rotatable bonds is 9. The molecule has 1 amide bonds. The van der Waals surface area contributed by atoms with Crippen LogP contribution in [0.1, 0.15) is 22.8 Å². The van der Waals surface area contributed by atoms with Gasteiger partial charge < -0.3 is 19.5 Å². The summed E-state index contributed by atoms with van der Waals surface area (Å²) in [7, 11) is 0. The highest BCUT2D eigenvalue weighted by Crippen LogP contribution is 2.25. The molecule has 7 heteroatoms. The second-order valence-electron chi connectivity index (χ2n) is 6.20. The van der Waals surface area contributed by atoms with E-state index in [9.17, 15) is 9.59 Å². The fourth-order valence-electron chi connectivity index (χ4n) is 2.59. The number of ether oxygens (including phenoxy) is 3. The molecule has 30 heavy (non-hydrogen) atoms. The van der Waals surface area contributed by atoms with Gasteiger partial charge in [-0.05, 0) is 49.4 Å². The van der Waals surface area contributed by atoms with E-state index < -0.39 is 5.97 Å². The van der Waals surface area contributed by atoms with Crippen molar-refractivity contribution in [1.29, 1.82) is 0 Å². The Hall–Kier alpha value is -3.87. The van der Waals surface area contributed by atoms with Gasteiger partial charge in [0.15, 0.2) is 0 Å². The maximum atomic E-state index is 12.2. The van der Waals surface area contributed by atoms with Gasteiger partial charge in [0.1, 0.15) is 30.4 Å². The average Bonchev–Trinajstić information content (AvgIpc) is 2.78. The zero-order chi connectivity index (χ0) is 21.2. The van der Waals surface area contributed by atoms with Gasteiger partial charge in [0.25, 0.3) is 5.91 Å². The van der Waals surface area contributed by atoms with Gasteiger partial charge in [-0.25, -0.2) is 0 Å². The minimum absolute atomic E-state index is 0.0220. The highest BCUT2D eigenvalue weighted by molar-refractivity contribution is 5.96. The van der Waals surface area contributed by atoms with Crippen molar-refractivity contribution in [3.63, 3.8) is 0 Å². The van der Waals surface area contributed by atoms with Crippen LogP contribution in [0.4, 0.5) is 0 Å². The molecule has 0 fully saturated rings. The fraction of sp³-hybridized carbons (Fsp3) is 0.174. The summed E-state index contributed by atoms with van der Waals surface area (Å²) in [5, 5.41) is 2.55. The standard InChI is InChI=1S/C23H22N2O5/c1-2-28-19-11-9-17(10-12-19)23(27)25-15-22(26)29-16-18-6-3-4-8-21(18)30-20-7-5-13-24-14-20/h3-14H,2,15-16H2,1H3,(H,25,27). The van der Waals surface area contributed by atoms with Crippen LogP contribution in [-0.2, 0) is 16.1 Å². The maximum absolute atomic E-state index is 12.2.